The van der Waals surface area contributed by atoms with E-state index in [4.69, 9.17) is 0 Å². The van der Waals surface area contributed by atoms with Crippen LogP contribution in [0, 0.1) is 6.92 Å². The SMILES string of the molecule is Cc1c(C2CCCN2C(=O)Cc2c[nH]c3ncccc23)cnn1C. The molecule has 0 saturated carbocycles. The van der Waals surface area contributed by atoms with Crippen LogP contribution in [0.5, 0.6) is 0 Å². The Balaban J connectivity index is 1.58. The number of nitrogens with one attached hydrogen (secondary N) is 1. The highest BCUT2D eigenvalue weighted by atomic mass is 16.2. The topological polar surface area (TPSA) is 66.8 Å². The predicted octanol–water partition coefficient (Wildman–Crippen LogP) is 2.51. The number of carbonyl (C=O) groups excluding carboxylic acids is 1. The van der Waals surface area contributed by atoms with Crippen molar-refractivity contribution in [2.45, 2.75) is 32.2 Å². The second kappa shape index (κ2) is 5.78. The van der Waals surface area contributed by atoms with Crippen LogP contribution in [0.2, 0.25) is 0 Å². The minimum Gasteiger partial charge on any atom is -0.346 e. The highest BCUT2D eigenvalue weighted by molar-refractivity contribution is 5.87. The van der Waals surface area contributed by atoms with Crippen molar-refractivity contribution in [3.05, 3.63) is 47.5 Å². The quantitative estimate of drug-likeness (QED) is 0.805. The summed E-state index contributed by atoms with van der Waals surface area (Å²) in [7, 11) is 1.94. The fourth-order valence-corrected chi connectivity index (χ4v) is 3.65. The minimum absolute atomic E-state index is 0.148. The first-order valence-corrected chi connectivity index (χ1v) is 8.34. The lowest BCUT2D eigenvalue weighted by Crippen LogP contribution is -2.32. The number of aromatic nitrogens is 4. The zero-order valence-electron chi connectivity index (χ0n) is 14.0. The fourth-order valence-electron chi connectivity index (χ4n) is 3.65. The van der Waals surface area contributed by atoms with Gasteiger partial charge in [-0.05, 0) is 37.5 Å². The van der Waals surface area contributed by atoms with Gasteiger partial charge < -0.3 is 9.88 Å². The van der Waals surface area contributed by atoms with Crippen LogP contribution in [0.1, 0.15) is 35.7 Å². The lowest BCUT2D eigenvalue weighted by Gasteiger charge is -2.24. The zero-order chi connectivity index (χ0) is 16.7. The molecule has 6 nitrogen and oxygen atoms in total. The molecular weight excluding hydrogens is 302 g/mol. The number of hydrogen-bond donors (Lipinski definition) is 1. The number of nitrogens with zero attached hydrogens (tertiary/aromatic N) is 4. The van der Waals surface area contributed by atoms with Gasteiger partial charge in [-0.15, -0.1) is 0 Å². The van der Waals surface area contributed by atoms with Crippen molar-refractivity contribution >= 4 is 16.9 Å². The summed E-state index contributed by atoms with van der Waals surface area (Å²) >= 11 is 0. The number of amides is 1. The van der Waals surface area contributed by atoms with E-state index in [0.717, 1.165) is 41.7 Å². The number of aryl methyl sites for hydroxylation is 1. The number of carbonyl (C=O) groups is 1. The van der Waals surface area contributed by atoms with Gasteiger partial charge in [-0.2, -0.15) is 5.10 Å². The Morgan fingerprint density at radius 1 is 1.46 bits per heavy atom. The molecule has 0 spiro atoms. The monoisotopic (exact) mass is 323 g/mol. The summed E-state index contributed by atoms with van der Waals surface area (Å²) in [6, 6.07) is 4.06. The molecule has 6 heteroatoms. The lowest BCUT2D eigenvalue weighted by molar-refractivity contribution is -0.131. The van der Waals surface area contributed by atoms with Gasteiger partial charge in [-0.25, -0.2) is 4.98 Å². The summed E-state index contributed by atoms with van der Waals surface area (Å²) in [6.07, 6.45) is 8.01. The van der Waals surface area contributed by atoms with Gasteiger partial charge in [0.05, 0.1) is 18.7 Å². The average molecular weight is 323 g/mol. The van der Waals surface area contributed by atoms with E-state index in [1.807, 2.05) is 41.2 Å². The van der Waals surface area contributed by atoms with E-state index < -0.39 is 0 Å². The number of likely N-dealkylation sites (tertiary alicyclic amines) is 1. The largest absolute Gasteiger partial charge is 0.346 e. The second-order valence-corrected chi connectivity index (χ2v) is 6.44. The van der Waals surface area contributed by atoms with Crippen LogP contribution in [-0.2, 0) is 18.3 Å². The zero-order valence-corrected chi connectivity index (χ0v) is 14.0. The standard InChI is InChI=1S/C18H21N5O/c1-12-15(11-21-22(12)2)16-6-4-8-23(16)17(24)9-13-10-20-18-14(13)5-3-7-19-18/h3,5,7,10-11,16H,4,6,8-9H2,1-2H3,(H,19,20). The summed E-state index contributed by atoms with van der Waals surface area (Å²) in [5.41, 5.74) is 4.15. The average Bonchev–Trinajstić information content (AvgIpc) is 3.29. The molecule has 24 heavy (non-hydrogen) atoms. The van der Waals surface area contributed by atoms with E-state index in [0.29, 0.717) is 6.42 Å². The first-order valence-electron chi connectivity index (χ1n) is 8.34. The molecule has 0 radical (unpaired) electrons. The van der Waals surface area contributed by atoms with Crippen molar-refractivity contribution in [1.29, 1.82) is 0 Å². The number of fused-ring (bicyclic) bond motifs is 1. The lowest BCUT2D eigenvalue weighted by atomic mass is 10.0. The number of rotatable bonds is 3. The van der Waals surface area contributed by atoms with Crippen molar-refractivity contribution in [1.82, 2.24) is 24.6 Å². The first kappa shape index (κ1) is 14.9. The molecule has 0 aliphatic carbocycles. The van der Waals surface area contributed by atoms with E-state index in [-0.39, 0.29) is 11.9 Å². The minimum atomic E-state index is 0.148. The molecule has 4 heterocycles. The molecule has 1 atom stereocenters. The summed E-state index contributed by atoms with van der Waals surface area (Å²) in [4.78, 5) is 22.4. The Bertz CT molecular complexity index is 894. The molecule has 1 aliphatic heterocycles. The van der Waals surface area contributed by atoms with E-state index in [9.17, 15) is 4.79 Å². The van der Waals surface area contributed by atoms with E-state index in [1.165, 1.54) is 5.56 Å². The number of H-pyrrole nitrogens is 1. The van der Waals surface area contributed by atoms with Crippen molar-refractivity contribution in [2.75, 3.05) is 6.54 Å². The molecule has 0 bridgehead atoms. The van der Waals surface area contributed by atoms with Gasteiger partial charge in [-0.3, -0.25) is 9.48 Å². The van der Waals surface area contributed by atoms with Gasteiger partial charge in [0.1, 0.15) is 5.65 Å². The first-order chi connectivity index (χ1) is 11.6. The molecule has 1 unspecified atom stereocenters. The second-order valence-electron chi connectivity index (χ2n) is 6.44. The molecule has 124 valence electrons. The summed E-state index contributed by atoms with van der Waals surface area (Å²) in [5, 5.41) is 5.36. The highest BCUT2D eigenvalue weighted by Gasteiger charge is 2.32. The van der Waals surface area contributed by atoms with Crippen LogP contribution in [0.15, 0.2) is 30.7 Å². The normalized spacial score (nSPS) is 17.8. The van der Waals surface area contributed by atoms with Crippen molar-refractivity contribution in [3.63, 3.8) is 0 Å². The Morgan fingerprint density at radius 3 is 3.12 bits per heavy atom. The van der Waals surface area contributed by atoms with Crippen LogP contribution < -0.4 is 0 Å². The van der Waals surface area contributed by atoms with Crippen LogP contribution in [-0.4, -0.2) is 37.1 Å². The maximum absolute atomic E-state index is 12.9. The van der Waals surface area contributed by atoms with Crippen molar-refractivity contribution in [2.24, 2.45) is 7.05 Å². The Labute approximate surface area is 140 Å². The Kier molecular flexibility index (Phi) is 3.59. The Morgan fingerprint density at radius 2 is 2.33 bits per heavy atom. The fraction of sp³-hybridized carbons (Fsp3) is 0.389. The van der Waals surface area contributed by atoms with Gasteiger partial charge in [0.2, 0.25) is 5.91 Å². The van der Waals surface area contributed by atoms with Gasteiger partial charge in [0.15, 0.2) is 0 Å². The molecule has 1 saturated heterocycles. The summed E-state index contributed by atoms with van der Waals surface area (Å²) < 4.78 is 1.88. The third-order valence-electron chi connectivity index (χ3n) is 5.08. The van der Waals surface area contributed by atoms with Crippen LogP contribution in [0.25, 0.3) is 11.0 Å². The molecule has 1 fully saturated rings. The molecule has 4 rings (SSSR count). The molecule has 3 aromatic heterocycles. The molecule has 3 aromatic rings. The van der Waals surface area contributed by atoms with Gasteiger partial charge in [-0.1, -0.05) is 0 Å². The number of pyridine rings is 1. The van der Waals surface area contributed by atoms with Crippen LogP contribution in [0.3, 0.4) is 0 Å². The molecule has 0 aromatic carbocycles. The van der Waals surface area contributed by atoms with E-state index >= 15 is 0 Å². The van der Waals surface area contributed by atoms with Crippen molar-refractivity contribution in [3.8, 4) is 0 Å². The third-order valence-corrected chi connectivity index (χ3v) is 5.08. The van der Waals surface area contributed by atoms with Crippen molar-refractivity contribution < 1.29 is 4.79 Å². The molecular formula is C18H21N5O. The van der Waals surface area contributed by atoms with Gasteiger partial charge >= 0.3 is 0 Å². The van der Waals surface area contributed by atoms with Crippen LogP contribution >= 0.6 is 0 Å². The summed E-state index contributed by atoms with van der Waals surface area (Å²) in [5.74, 6) is 0.172. The van der Waals surface area contributed by atoms with E-state index in [2.05, 4.69) is 22.0 Å². The van der Waals surface area contributed by atoms with Gasteiger partial charge in [0.25, 0.3) is 0 Å². The van der Waals surface area contributed by atoms with Crippen LogP contribution in [0.4, 0.5) is 0 Å². The Hall–Kier alpha value is -2.63. The highest BCUT2D eigenvalue weighted by Crippen LogP contribution is 2.34. The predicted molar refractivity (Wildman–Crippen MR) is 91.4 cm³/mol. The molecule has 1 N–H and O–H groups in total. The third kappa shape index (κ3) is 2.38. The molecule has 1 aliphatic rings. The smallest absolute Gasteiger partial charge is 0.227 e. The maximum atomic E-state index is 12.9. The van der Waals surface area contributed by atoms with Gasteiger partial charge in [0, 0.05) is 42.6 Å². The maximum Gasteiger partial charge on any atom is 0.227 e. The van der Waals surface area contributed by atoms with E-state index in [1.54, 1.807) is 6.20 Å². The number of aromatic amines is 1. The molecule has 1 amide bonds. The number of hydrogen-bond acceptors (Lipinski definition) is 3. The summed E-state index contributed by atoms with van der Waals surface area (Å²) in [6.45, 7) is 2.88.